The largest absolute Gasteiger partial charge is 0.456 e. The van der Waals surface area contributed by atoms with Gasteiger partial charge in [-0.05, 0) is 89.4 Å². The van der Waals surface area contributed by atoms with E-state index in [2.05, 4.69) is 10.4 Å². The first-order chi connectivity index (χ1) is 23.6. The third-order valence-corrected chi connectivity index (χ3v) is 7.67. The number of aliphatic hydroxyl groups is 1. The molecule has 270 valence electrons. The molecule has 0 fully saturated rings. The monoisotopic (exact) mass is 697 g/mol. The van der Waals surface area contributed by atoms with Gasteiger partial charge in [0.1, 0.15) is 11.3 Å². The number of fused-ring (bicyclic) bond motifs is 2. The van der Waals surface area contributed by atoms with Crippen LogP contribution in [0.15, 0.2) is 66.7 Å². The second kappa shape index (κ2) is 15.8. The van der Waals surface area contributed by atoms with Crippen LogP contribution in [0, 0.1) is 6.92 Å². The molecule has 2 unspecified atom stereocenters. The van der Waals surface area contributed by atoms with Crippen LogP contribution in [0.3, 0.4) is 0 Å². The van der Waals surface area contributed by atoms with Crippen molar-refractivity contribution in [1.82, 2.24) is 9.78 Å². The molecule has 1 amide bonds. The van der Waals surface area contributed by atoms with E-state index in [0.29, 0.717) is 47.5 Å². The molecule has 50 heavy (non-hydrogen) atoms. The fourth-order valence-corrected chi connectivity index (χ4v) is 5.54. The average Bonchev–Trinajstić information content (AvgIpc) is 3.62. The number of carbonyl (C=O) groups is 2. The van der Waals surface area contributed by atoms with E-state index in [0.717, 1.165) is 12.5 Å². The number of nitrogens with one attached hydrogen (secondary N) is 1. The van der Waals surface area contributed by atoms with E-state index in [4.69, 9.17) is 14.2 Å². The Morgan fingerprint density at radius 1 is 1.06 bits per heavy atom. The van der Waals surface area contributed by atoms with Crippen LogP contribution in [0.4, 0.5) is 18.9 Å². The summed E-state index contributed by atoms with van der Waals surface area (Å²) in [5.74, 6) is -0.651. The number of hydrogen-bond donors (Lipinski definition) is 2. The van der Waals surface area contributed by atoms with Gasteiger partial charge in [-0.15, -0.1) is 0 Å². The van der Waals surface area contributed by atoms with Gasteiger partial charge >= 0.3 is 12.0 Å². The van der Waals surface area contributed by atoms with Crippen LogP contribution in [0.5, 0.6) is 11.5 Å². The summed E-state index contributed by atoms with van der Waals surface area (Å²) >= 11 is 0. The zero-order chi connectivity index (χ0) is 36.8. The van der Waals surface area contributed by atoms with E-state index in [1.165, 1.54) is 16.8 Å². The highest BCUT2D eigenvalue weighted by Crippen LogP contribution is 2.42. The maximum Gasteiger partial charge on any atom is 0.404 e. The quantitative estimate of drug-likeness (QED) is 0.193. The minimum absolute atomic E-state index is 0. The first-order valence-corrected chi connectivity index (χ1v) is 16.6. The number of carbonyl (C=O) groups excluding carboxylic acids is 2. The minimum Gasteiger partial charge on any atom is -0.456 e. The summed E-state index contributed by atoms with van der Waals surface area (Å²) in [7, 11) is 0. The fraction of sp³-hybridized carbons (Fsp3) is 0.395. The molecule has 0 spiro atoms. The number of rotatable bonds is 6. The van der Waals surface area contributed by atoms with Gasteiger partial charge in [-0.25, -0.2) is 18.3 Å². The maximum absolute atomic E-state index is 13.9. The third kappa shape index (κ3) is 9.23. The topological polar surface area (TPSA) is 112 Å². The number of esters is 1. The van der Waals surface area contributed by atoms with Crippen LogP contribution >= 0.6 is 0 Å². The van der Waals surface area contributed by atoms with Crippen LogP contribution in [-0.4, -0.2) is 45.0 Å². The Hall–Kier alpha value is -4.84. The molecule has 12 heteroatoms. The van der Waals surface area contributed by atoms with E-state index < -0.39 is 24.0 Å². The van der Waals surface area contributed by atoms with Gasteiger partial charge in [0.15, 0.2) is 11.5 Å². The molecule has 2 heterocycles. The highest BCUT2D eigenvalue weighted by molar-refractivity contribution is 6.04. The lowest BCUT2D eigenvalue weighted by atomic mass is 9.87. The molecular formula is C38H46F3N3O6. The van der Waals surface area contributed by atoms with E-state index >= 15 is 0 Å². The Morgan fingerprint density at radius 2 is 1.74 bits per heavy atom. The second-order valence-electron chi connectivity index (χ2n) is 12.8. The summed E-state index contributed by atoms with van der Waals surface area (Å²) in [6.07, 6.45) is -0.909. The number of anilines is 1. The van der Waals surface area contributed by atoms with Gasteiger partial charge in [0.05, 0.1) is 23.6 Å². The summed E-state index contributed by atoms with van der Waals surface area (Å²) in [4.78, 5) is 24.5. The van der Waals surface area contributed by atoms with Gasteiger partial charge in [0.2, 0.25) is 0 Å². The molecular weight excluding hydrogens is 651 g/mol. The fourth-order valence-electron chi connectivity index (χ4n) is 5.54. The first-order valence-electron chi connectivity index (χ1n) is 16.6. The van der Waals surface area contributed by atoms with Crippen molar-refractivity contribution >= 4 is 17.6 Å². The predicted molar refractivity (Wildman–Crippen MR) is 186 cm³/mol. The van der Waals surface area contributed by atoms with Crippen molar-refractivity contribution in [2.24, 2.45) is 0 Å². The number of aromatic nitrogens is 2. The van der Waals surface area contributed by atoms with Crippen LogP contribution in [0.2, 0.25) is 0 Å². The van der Waals surface area contributed by atoms with Gasteiger partial charge in [-0.1, -0.05) is 37.6 Å². The number of aryl methyl sites for hydroxylation is 1. The summed E-state index contributed by atoms with van der Waals surface area (Å²) < 4.78 is 57.9. The third-order valence-electron chi connectivity index (χ3n) is 7.67. The Kier molecular flexibility index (Phi) is 12.0. The molecule has 3 aromatic carbocycles. The number of ether oxygens (including phenoxy) is 3. The Bertz CT molecular complexity index is 1810. The van der Waals surface area contributed by atoms with Crippen molar-refractivity contribution in [2.75, 3.05) is 11.9 Å². The molecule has 2 aliphatic rings. The van der Waals surface area contributed by atoms with Crippen LogP contribution in [0.1, 0.15) is 111 Å². The van der Waals surface area contributed by atoms with Crippen molar-refractivity contribution in [2.45, 2.75) is 91.7 Å². The van der Waals surface area contributed by atoms with E-state index in [1.807, 2.05) is 53.7 Å². The molecule has 4 aromatic rings. The molecule has 0 bridgehead atoms. The van der Waals surface area contributed by atoms with Gasteiger partial charge in [-0.3, -0.25) is 4.79 Å². The smallest absolute Gasteiger partial charge is 0.404 e. The molecule has 0 radical (unpaired) electrons. The molecule has 6 rings (SSSR count). The second-order valence-corrected chi connectivity index (χ2v) is 12.8. The number of hydrogen-bond acceptors (Lipinski definition) is 7. The number of nitrogens with zero attached hydrogens (tertiary/aromatic N) is 2. The Labute approximate surface area is 291 Å². The van der Waals surface area contributed by atoms with Crippen LogP contribution < -0.4 is 14.8 Å². The van der Waals surface area contributed by atoms with Gasteiger partial charge in [0, 0.05) is 37.1 Å². The minimum atomic E-state index is -2.74. The van der Waals surface area contributed by atoms with Crippen LogP contribution in [-0.2, 0) is 11.2 Å². The number of benzene rings is 3. The molecule has 0 saturated carbocycles. The zero-order valence-electron chi connectivity index (χ0n) is 29.4. The van der Waals surface area contributed by atoms with E-state index in [9.17, 15) is 27.9 Å². The van der Waals surface area contributed by atoms with E-state index in [-0.39, 0.29) is 42.7 Å². The number of halogens is 3. The van der Waals surface area contributed by atoms with Crippen molar-refractivity contribution in [3.63, 3.8) is 0 Å². The van der Waals surface area contributed by atoms with Crippen molar-refractivity contribution in [3.8, 4) is 17.2 Å². The van der Waals surface area contributed by atoms with Crippen LogP contribution in [0.25, 0.3) is 5.69 Å². The lowest BCUT2D eigenvalue weighted by Crippen LogP contribution is -2.27. The number of alkyl halides is 3. The summed E-state index contributed by atoms with van der Waals surface area (Å²) in [6, 6.07) is 16.0. The lowest BCUT2D eigenvalue weighted by molar-refractivity contribution is -0.173. The zero-order valence-corrected chi connectivity index (χ0v) is 29.4. The first kappa shape index (κ1) is 38.0. The molecule has 0 saturated heterocycles. The van der Waals surface area contributed by atoms with Crippen molar-refractivity contribution in [1.29, 1.82) is 0 Å². The van der Waals surface area contributed by atoms with Gasteiger partial charge in [0.25, 0.3) is 12.3 Å². The molecule has 1 aliphatic carbocycles. The lowest BCUT2D eigenvalue weighted by Gasteiger charge is -2.23. The van der Waals surface area contributed by atoms with Gasteiger partial charge < -0.3 is 24.6 Å². The Balaban J connectivity index is 0.000000349. The predicted octanol–water partition coefficient (Wildman–Crippen LogP) is 9.11. The normalized spacial score (nSPS) is 17.5. The summed E-state index contributed by atoms with van der Waals surface area (Å²) in [5, 5.41) is 16.7. The highest BCUT2D eigenvalue weighted by Gasteiger charge is 2.37. The number of amides is 1. The Morgan fingerprint density at radius 3 is 2.38 bits per heavy atom. The van der Waals surface area contributed by atoms with Gasteiger partial charge in [-0.2, -0.15) is 9.49 Å². The molecule has 2 N–H and O–H groups in total. The molecule has 2 atom stereocenters. The molecule has 1 aromatic heterocycles. The van der Waals surface area contributed by atoms with E-state index in [1.54, 1.807) is 42.5 Å². The standard InChI is InChI=1S/C24H22F3N3O4.C12H16O2.C2H6.H2/c1-24(27)33-18-9-8-15(11-19(18)34-24)28-23(32)13-4-2-6-16(10-13)30-21-14(12-31)5-3-7-17(21)20(29-30)22(25)26;1-9-5-7-10(8-6-9)11(13)14-12(2,3)4;1-2;/h2,4,6,8-11,14,22,31H,3,5,7,12H2,1H3,(H,28,32);5-8H,1-4H3;1-2H3;1H. The number of aliphatic hydroxyl groups excluding tert-OH is 1. The summed E-state index contributed by atoms with van der Waals surface area (Å²) in [5.41, 5.74) is 3.13. The summed E-state index contributed by atoms with van der Waals surface area (Å²) in [6.45, 7) is 12.5. The molecule has 1 aliphatic heterocycles. The van der Waals surface area contributed by atoms with Crippen molar-refractivity contribution in [3.05, 3.63) is 100 Å². The van der Waals surface area contributed by atoms with Crippen molar-refractivity contribution < 1.29 is 43.5 Å². The average molecular weight is 698 g/mol. The highest BCUT2D eigenvalue weighted by atomic mass is 19.3. The molecule has 9 nitrogen and oxygen atoms in total. The maximum atomic E-state index is 13.9. The SMILES string of the molecule is CC.CC1(F)Oc2ccc(NC(=O)c3cccc(-n4nc(C(F)F)c5c4C(CO)CCC5)c3)cc2O1.Cc1ccc(C(=O)OC(C)(C)C)cc1.[HH].